The number of hydrogen-bond donors (Lipinski definition) is 1. The van der Waals surface area contributed by atoms with E-state index in [1.165, 1.54) is 3.97 Å². The maximum Gasteiger partial charge on any atom is 0.171 e. The largest absolute Gasteiger partial charge is 0.384 e. The van der Waals surface area contributed by atoms with Gasteiger partial charge in [0, 0.05) is 24.3 Å². The Hall–Kier alpha value is -0.750. The highest BCUT2D eigenvalue weighted by Crippen LogP contribution is 2.31. The van der Waals surface area contributed by atoms with Gasteiger partial charge in [-0.1, -0.05) is 0 Å². The fraction of sp³-hybridized carbons (Fsp3) is 0.222. The van der Waals surface area contributed by atoms with Crippen LogP contribution in [0.3, 0.4) is 0 Å². The molecule has 0 unspecified atom stereocenters. The van der Waals surface area contributed by atoms with Crippen molar-refractivity contribution < 1.29 is 3.89 Å². The van der Waals surface area contributed by atoms with Crippen molar-refractivity contribution in [2.75, 3.05) is 11.9 Å². The monoisotopic (exact) mass is 289 g/mol. The predicted molar refractivity (Wildman–Crippen MR) is 65.7 cm³/mol. The van der Waals surface area contributed by atoms with Crippen LogP contribution in [0.1, 0.15) is 6.92 Å². The van der Waals surface area contributed by atoms with Gasteiger partial charge in [-0.2, -0.15) is 0 Å². The van der Waals surface area contributed by atoms with Crippen molar-refractivity contribution in [2.24, 2.45) is 0 Å². The number of anilines is 1. The molecule has 3 nitrogen and oxygen atoms in total. The van der Waals surface area contributed by atoms with Crippen LogP contribution in [-0.4, -0.2) is 15.5 Å². The molecule has 0 spiro atoms. The van der Waals surface area contributed by atoms with E-state index >= 15 is 0 Å². The van der Waals surface area contributed by atoms with Gasteiger partial charge in [-0.15, -0.1) is 3.89 Å². The van der Waals surface area contributed by atoms with Gasteiger partial charge in [0.05, 0.1) is 10.2 Å². The third kappa shape index (κ3) is 1.83. The lowest BCUT2D eigenvalue weighted by Crippen LogP contribution is -1.98. The average Bonchev–Trinajstić information content (AvgIpc) is 2.65. The average molecular weight is 290 g/mol. The second kappa shape index (κ2) is 4.40. The SMILES string of the molecule is CCNc1c(Br)cnc2c1ccn2SF. The maximum atomic E-state index is 12.5. The lowest BCUT2D eigenvalue weighted by molar-refractivity contribution is 0.919. The molecule has 2 aromatic heterocycles. The van der Waals surface area contributed by atoms with Gasteiger partial charge in [0.25, 0.3) is 0 Å². The topological polar surface area (TPSA) is 29.9 Å². The molecule has 0 saturated heterocycles. The number of nitrogens with zero attached hydrogens (tertiary/aromatic N) is 2. The van der Waals surface area contributed by atoms with E-state index in [2.05, 4.69) is 26.2 Å². The molecule has 0 aromatic carbocycles. The fourth-order valence-electron chi connectivity index (χ4n) is 1.45. The van der Waals surface area contributed by atoms with Gasteiger partial charge in [0.2, 0.25) is 0 Å². The minimum absolute atomic E-state index is 0.149. The van der Waals surface area contributed by atoms with Gasteiger partial charge in [0.1, 0.15) is 0 Å². The van der Waals surface area contributed by atoms with E-state index in [0.29, 0.717) is 5.65 Å². The number of hydrogen-bond acceptors (Lipinski definition) is 3. The summed E-state index contributed by atoms with van der Waals surface area (Å²) in [5.41, 5.74) is 1.58. The van der Waals surface area contributed by atoms with E-state index in [-0.39, 0.29) is 12.3 Å². The molecular formula is C9H9BrFN3S. The van der Waals surface area contributed by atoms with Crippen LogP contribution in [0.5, 0.6) is 0 Å². The van der Waals surface area contributed by atoms with Gasteiger partial charge in [-0.25, -0.2) is 8.96 Å². The first kappa shape index (κ1) is 10.8. The predicted octanol–water partition coefficient (Wildman–Crippen LogP) is 3.61. The molecule has 0 aliphatic heterocycles. The van der Waals surface area contributed by atoms with Crippen LogP contribution >= 0.6 is 28.3 Å². The Morgan fingerprint density at radius 2 is 2.47 bits per heavy atom. The second-order valence-electron chi connectivity index (χ2n) is 2.96. The van der Waals surface area contributed by atoms with Gasteiger partial charge in [-0.3, -0.25) is 0 Å². The van der Waals surface area contributed by atoms with Gasteiger partial charge >= 0.3 is 0 Å². The number of nitrogens with one attached hydrogen (secondary N) is 1. The lowest BCUT2D eigenvalue weighted by atomic mass is 10.3. The molecule has 0 aliphatic carbocycles. The maximum absolute atomic E-state index is 12.5. The molecule has 2 rings (SSSR count). The van der Waals surface area contributed by atoms with Crippen LogP contribution in [0, 0.1) is 0 Å². The van der Waals surface area contributed by atoms with Crippen LogP contribution in [0.2, 0.25) is 0 Å². The number of fused-ring (bicyclic) bond motifs is 1. The number of halogens is 2. The summed E-state index contributed by atoms with van der Waals surface area (Å²) < 4.78 is 14.8. The first-order chi connectivity index (χ1) is 7.27. The molecule has 0 saturated carbocycles. The Kier molecular flexibility index (Phi) is 3.16. The molecule has 80 valence electrons. The molecule has 0 amide bonds. The Morgan fingerprint density at radius 3 is 3.13 bits per heavy atom. The van der Waals surface area contributed by atoms with E-state index in [9.17, 15) is 3.89 Å². The normalized spacial score (nSPS) is 10.9. The Balaban J connectivity index is 2.66. The summed E-state index contributed by atoms with van der Waals surface area (Å²) >= 11 is 3.56. The Bertz CT molecular complexity index is 485. The molecule has 0 aliphatic rings. The first-order valence-electron chi connectivity index (χ1n) is 4.46. The minimum Gasteiger partial charge on any atom is -0.384 e. The standard InChI is InChI=1S/C9H9BrFN3S/c1-2-12-8-6-3-4-14(15-11)9(6)13-5-7(8)10/h3-5H,2H2,1H3,(H,12,13). The molecule has 6 heteroatoms. The van der Waals surface area contributed by atoms with E-state index in [1.807, 2.05) is 13.0 Å². The highest BCUT2D eigenvalue weighted by Gasteiger charge is 2.10. The first-order valence-corrected chi connectivity index (χ1v) is 5.93. The zero-order chi connectivity index (χ0) is 10.8. The molecular weight excluding hydrogens is 281 g/mol. The van der Waals surface area contributed by atoms with Crippen LogP contribution in [0.25, 0.3) is 11.0 Å². The number of aromatic nitrogens is 2. The molecule has 2 heterocycles. The number of rotatable bonds is 3. The van der Waals surface area contributed by atoms with Crippen molar-refractivity contribution in [1.29, 1.82) is 0 Å². The Labute approximate surface area is 99.6 Å². The molecule has 2 aromatic rings. The lowest BCUT2D eigenvalue weighted by Gasteiger charge is -2.07. The fourth-order valence-corrected chi connectivity index (χ4v) is 2.22. The van der Waals surface area contributed by atoms with Crippen LogP contribution in [0.15, 0.2) is 22.9 Å². The molecule has 0 fully saturated rings. The Morgan fingerprint density at radius 1 is 1.67 bits per heavy atom. The summed E-state index contributed by atoms with van der Waals surface area (Å²) in [7, 11) is 0. The molecule has 0 atom stereocenters. The number of pyridine rings is 1. The highest BCUT2D eigenvalue weighted by atomic mass is 79.9. The third-order valence-corrected chi connectivity index (χ3v) is 3.11. The van der Waals surface area contributed by atoms with Gasteiger partial charge < -0.3 is 5.32 Å². The van der Waals surface area contributed by atoms with Crippen molar-refractivity contribution in [2.45, 2.75) is 6.92 Å². The summed E-state index contributed by atoms with van der Waals surface area (Å²) in [5, 5.41) is 4.14. The van der Waals surface area contributed by atoms with Gasteiger partial charge in [-0.05, 0) is 28.9 Å². The van der Waals surface area contributed by atoms with Gasteiger partial charge in [0.15, 0.2) is 18.0 Å². The molecule has 1 N–H and O–H groups in total. The van der Waals surface area contributed by atoms with E-state index < -0.39 is 0 Å². The molecule has 0 radical (unpaired) electrons. The minimum atomic E-state index is 0.149. The van der Waals surface area contributed by atoms with E-state index in [4.69, 9.17) is 0 Å². The third-order valence-electron chi connectivity index (χ3n) is 2.06. The summed E-state index contributed by atoms with van der Waals surface area (Å²) in [6.45, 7) is 2.82. The van der Waals surface area contributed by atoms with Crippen molar-refractivity contribution in [3.8, 4) is 0 Å². The smallest absolute Gasteiger partial charge is 0.171 e. The highest BCUT2D eigenvalue weighted by molar-refractivity contribution is 9.10. The van der Waals surface area contributed by atoms with Crippen molar-refractivity contribution >= 4 is 45.0 Å². The van der Waals surface area contributed by atoms with Crippen molar-refractivity contribution in [3.63, 3.8) is 0 Å². The zero-order valence-corrected chi connectivity index (χ0v) is 10.4. The van der Waals surface area contributed by atoms with Crippen LogP contribution in [0.4, 0.5) is 9.57 Å². The molecule has 15 heavy (non-hydrogen) atoms. The van der Waals surface area contributed by atoms with Crippen LogP contribution < -0.4 is 5.32 Å². The summed E-state index contributed by atoms with van der Waals surface area (Å²) in [4.78, 5) is 4.17. The van der Waals surface area contributed by atoms with E-state index in [1.54, 1.807) is 12.4 Å². The zero-order valence-electron chi connectivity index (χ0n) is 8.00. The van der Waals surface area contributed by atoms with E-state index in [0.717, 1.165) is 22.1 Å². The summed E-state index contributed by atoms with van der Waals surface area (Å²) in [6.07, 6.45) is 3.34. The second-order valence-corrected chi connectivity index (χ2v) is 4.35. The summed E-state index contributed by atoms with van der Waals surface area (Å²) in [6, 6.07) is 1.84. The summed E-state index contributed by atoms with van der Waals surface area (Å²) in [5.74, 6) is 0. The van der Waals surface area contributed by atoms with Crippen molar-refractivity contribution in [3.05, 3.63) is 22.9 Å². The molecule has 0 bridgehead atoms. The van der Waals surface area contributed by atoms with Crippen molar-refractivity contribution in [1.82, 2.24) is 8.96 Å². The van der Waals surface area contributed by atoms with Crippen LogP contribution in [-0.2, 0) is 0 Å². The quantitative estimate of drug-likeness (QED) is 0.936.